The first-order valence-electron chi connectivity index (χ1n) is 6.84. The highest BCUT2D eigenvalue weighted by Crippen LogP contribution is 2.10. The van der Waals surface area contributed by atoms with Crippen LogP contribution in [0, 0.1) is 0 Å². The summed E-state index contributed by atoms with van der Waals surface area (Å²) in [7, 11) is 0. The molecule has 0 aliphatic carbocycles. The van der Waals surface area contributed by atoms with Crippen molar-refractivity contribution >= 4 is 11.7 Å². The Balaban J connectivity index is 1.98. The quantitative estimate of drug-likeness (QED) is 0.797. The molecule has 7 nitrogen and oxygen atoms in total. The molecule has 0 radical (unpaired) electrons. The van der Waals surface area contributed by atoms with Crippen LogP contribution in [-0.4, -0.2) is 65.1 Å². The van der Waals surface area contributed by atoms with E-state index in [4.69, 9.17) is 9.84 Å². The minimum absolute atomic E-state index is 0.0880. The SMILES string of the molecule is CCCNc1ccc(C(=O)N2CCOC(CO)C2)nn1. The van der Waals surface area contributed by atoms with Gasteiger partial charge < -0.3 is 20.1 Å². The maximum Gasteiger partial charge on any atom is 0.274 e. The van der Waals surface area contributed by atoms with Gasteiger partial charge in [-0.25, -0.2) is 0 Å². The van der Waals surface area contributed by atoms with Crippen molar-refractivity contribution in [2.75, 3.05) is 38.2 Å². The summed E-state index contributed by atoms with van der Waals surface area (Å²) in [4.78, 5) is 13.9. The van der Waals surface area contributed by atoms with Crippen LogP contribution in [0.1, 0.15) is 23.8 Å². The third-order valence-corrected chi connectivity index (χ3v) is 3.07. The Hall–Kier alpha value is -1.73. The largest absolute Gasteiger partial charge is 0.394 e. The third kappa shape index (κ3) is 3.64. The molecule has 1 saturated heterocycles. The number of aromatic nitrogens is 2. The molecule has 0 saturated carbocycles. The lowest BCUT2D eigenvalue weighted by Gasteiger charge is -2.31. The first-order chi connectivity index (χ1) is 9.74. The van der Waals surface area contributed by atoms with Crippen molar-refractivity contribution in [3.05, 3.63) is 17.8 Å². The molecule has 0 spiro atoms. The van der Waals surface area contributed by atoms with Gasteiger partial charge in [0.25, 0.3) is 5.91 Å². The van der Waals surface area contributed by atoms with E-state index in [-0.39, 0.29) is 18.6 Å². The van der Waals surface area contributed by atoms with Crippen LogP contribution in [0.5, 0.6) is 0 Å². The minimum atomic E-state index is -0.314. The van der Waals surface area contributed by atoms with Crippen LogP contribution in [0.4, 0.5) is 5.82 Å². The van der Waals surface area contributed by atoms with E-state index in [0.29, 0.717) is 31.2 Å². The number of anilines is 1. The van der Waals surface area contributed by atoms with Gasteiger partial charge in [-0.1, -0.05) is 6.92 Å². The fourth-order valence-electron chi connectivity index (χ4n) is 1.97. The number of hydrogen-bond donors (Lipinski definition) is 2. The van der Waals surface area contributed by atoms with Gasteiger partial charge in [-0.2, -0.15) is 0 Å². The molecule has 110 valence electrons. The molecule has 0 aromatic carbocycles. The number of ether oxygens (including phenoxy) is 1. The van der Waals surface area contributed by atoms with Crippen LogP contribution < -0.4 is 5.32 Å². The molecular weight excluding hydrogens is 260 g/mol. The molecule has 1 unspecified atom stereocenters. The van der Waals surface area contributed by atoms with Gasteiger partial charge in [0.2, 0.25) is 0 Å². The second kappa shape index (κ2) is 7.16. The Bertz CT molecular complexity index is 438. The Kier molecular flexibility index (Phi) is 5.25. The minimum Gasteiger partial charge on any atom is -0.394 e. The number of nitrogens with one attached hydrogen (secondary N) is 1. The monoisotopic (exact) mass is 280 g/mol. The lowest BCUT2D eigenvalue weighted by molar-refractivity contribution is -0.0448. The molecule has 1 aromatic heterocycles. The van der Waals surface area contributed by atoms with Crippen LogP contribution in [0.25, 0.3) is 0 Å². The Morgan fingerprint density at radius 3 is 3.05 bits per heavy atom. The van der Waals surface area contributed by atoms with Gasteiger partial charge in [0.1, 0.15) is 5.82 Å². The molecule has 1 atom stereocenters. The normalized spacial score (nSPS) is 18.9. The van der Waals surface area contributed by atoms with E-state index in [1.54, 1.807) is 17.0 Å². The number of carbonyl (C=O) groups is 1. The predicted molar refractivity (Wildman–Crippen MR) is 73.5 cm³/mol. The summed E-state index contributed by atoms with van der Waals surface area (Å²) >= 11 is 0. The summed E-state index contributed by atoms with van der Waals surface area (Å²) in [6.07, 6.45) is 0.685. The molecule has 20 heavy (non-hydrogen) atoms. The maximum absolute atomic E-state index is 12.3. The van der Waals surface area contributed by atoms with E-state index in [2.05, 4.69) is 22.4 Å². The van der Waals surface area contributed by atoms with Gasteiger partial charge >= 0.3 is 0 Å². The molecular formula is C13H20N4O3. The molecule has 1 aliphatic heterocycles. The van der Waals surface area contributed by atoms with Crippen LogP contribution in [-0.2, 0) is 4.74 Å². The molecule has 7 heteroatoms. The number of morpholine rings is 1. The van der Waals surface area contributed by atoms with E-state index < -0.39 is 0 Å². The second-order valence-electron chi connectivity index (χ2n) is 4.66. The molecule has 1 aromatic rings. The average Bonchev–Trinajstić information content (AvgIpc) is 2.52. The number of nitrogens with zero attached hydrogens (tertiary/aromatic N) is 3. The molecule has 1 fully saturated rings. The fraction of sp³-hybridized carbons (Fsp3) is 0.615. The van der Waals surface area contributed by atoms with Crippen LogP contribution >= 0.6 is 0 Å². The number of carbonyl (C=O) groups excluding carboxylic acids is 1. The topological polar surface area (TPSA) is 87.6 Å². The summed E-state index contributed by atoms with van der Waals surface area (Å²) in [5.74, 6) is 0.486. The van der Waals surface area contributed by atoms with Crippen molar-refractivity contribution in [2.45, 2.75) is 19.4 Å². The molecule has 2 N–H and O–H groups in total. The first kappa shape index (κ1) is 14.7. The van der Waals surface area contributed by atoms with E-state index in [0.717, 1.165) is 13.0 Å². The molecule has 0 bridgehead atoms. The third-order valence-electron chi connectivity index (χ3n) is 3.07. The standard InChI is InChI=1S/C13H20N4O3/c1-2-5-14-12-4-3-11(15-16-12)13(19)17-6-7-20-10(8-17)9-18/h3-4,10,18H,2,5-9H2,1H3,(H,14,16). The Morgan fingerprint density at radius 2 is 2.40 bits per heavy atom. The lowest BCUT2D eigenvalue weighted by atomic mass is 10.2. The van der Waals surface area contributed by atoms with Crippen molar-refractivity contribution in [1.82, 2.24) is 15.1 Å². The van der Waals surface area contributed by atoms with Crippen molar-refractivity contribution in [1.29, 1.82) is 0 Å². The van der Waals surface area contributed by atoms with E-state index in [9.17, 15) is 4.79 Å². The summed E-state index contributed by atoms with van der Waals surface area (Å²) < 4.78 is 5.32. The zero-order chi connectivity index (χ0) is 14.4. The smallest absolute Gasteiger partial charge is 0.274 e. The highest BCUT2D eigenvalue weighted by molar-refractivity contribution is 5.92. The lowest BCUT2D eigenvalue weighted by Crippen LogP contribution is -2.47. The van der Waals surface area contributed by atoms with Gasteiger partial charge in [0, 0.05) is 19.6 Å². The van der Waals surface area contributed by atoms with Gasteiger partial charge in [-0.15, -0.1) is 10.2 Å². The molecule has 2 rings (SSSR count). The fourth-order valence-corrected chi connectivity index (χ4v) is 1.97. The highest BCUT2D eigenvalue weighted by atomic mass is 16.5. The number of aliphatic hydroxyl groups is 1. The predicted octanol–water partition coefficient (Wildman–Crippen LogP) is 0.132. The van der Waals surface area contributed by atoms with Gasteiger partial charge in [-0.3, -0.25) is 4.79 Å². The van der Waals surface area contributed by atoms with E-state index >= 15 is 0 Å². The van der Waals surface area contributed by atoms with Crippen molar-refractivity contribution < 1.29 is 14.6 Å². The number of rotatable bonds is 5. The Morgan fingerprint density at radius 1 is 1.55 bits per heavy atom. The molecule has 1 aliphatic rings. The zero-order valence-electron chi connectivity index (χ0n) is 11.6. The van der Waals surface area contributed by atoms with Crippen molar-refractivity contribution in [3.63, 3.8) is 0 Å². The van der Waals surface area contributed by atoms with Crippen molar-refractivity contribution in [3.8, 4) is 0 Å². The summed E-state index contributed by atoms with van der Waals surface area (Å²) in [6.45, 7) is 4.12. The molecule has 1 amide bonds. The highest BCUT2D eigenvalue weighted by Gasteiger charge is 2.25. The van der Waals surface area contributed by atoms with Crippen LogP contribution in [0.3, 0.4) is 0 Å². The van der Waals surface area contributed by atoms with Gasteiger partial charge in [0.05, 0.1) is 19.3 Å². The summed E-state index contributed by atoms with van der Waals surface area (Å²) in [5, 5.41) is 20.1. The van der Waals surface area contributed by atoms with Gasteiger partial charge in [0.15, 0.2) is 5.69 Å². The van der Waals surface area contributed by atoms with Crippen LogP contribution in [0.15, 0.2) is 12.1 Å². The van der Waals surface area contributed by atoms with E-state index in [1.807, 2.05) is 0 Å². The van der Waals surface area contributed by atoms with Crippen molar-refractivity contribution in [2.24, 2.45) is 0 Å². The maximum atomic E-state index is 12.3. The number of aliphatic hydroxyl groups excluding tert-OH is 1. The molecule has 2 heterocycles. The zero-order valence-corrected chi connectivity index (χ0v) is 11.6. The average molecular weight is 280 g/mol. The Labute approximate surface area is 117 Å². The second-order valence-corrected chi connectivity index (χ2v) is 4.66. The summed E-state index contributed by atoms with van der Waals surface area (Å²) in [6, 6.07) is 3.41. The van der Waals surface area contributed by atoms with Gasteiger partial charge in [-0.05, 0) is 18.6 Å². The van der Waals surface area contributed by atoms with Crippen LogP contribution in [0.2, 0.25) is 0 Å². The summed E-state index contributed by atoms with van der Waals surface area (Å²) in [5.41, 5.74) is 0.311. The van der Waals surface area contributed by atoms with E-state index in [1.165, 1.54) is 0 Å². The number of hydrogen-bond acceptors (Lipinski definition) is 6. The number of amides is 1. The first-order valence-corrected chi connectivity index (χ1v) is 6.84.